The molecule has 27 heavy (non-hydrogen) atoms. The molecule has 3 fully saturated rings. The predicted octanol–water partition coefficient (Wildman–Crippen LogP) is 1.66. The van der Waals surface area contributed by atoms with Crippen molar-refractivity contribution in [3.05, 3.63) is 28.4 Å². The Bertz CT molecular complexity index is 748. The number of nitrogens with zero attached hydrogens (tertiary/aromatic N) is 3. The van der Waals surface area contributed by atoms with Gasteiger partial charge in [-0.25, -0.2) is 4.98 Å². The summed E-state index contributed by atoms with van der Waals surface area (Å²) in [5.41, 5.74) is 0.693. The average Bonchev–Trinajstić information content (AvgIpc) is 3.22. The van der Waals surface area contributed by atoms with Gasteiger partial charge in [0, 0.05) is 44.1 Å². The van der Waals surface area contributed by atoms with Crippen LogP contribution in [-0.2, 0) is 9.59 Å². The van der Waals surface area contributed by atoms with Gasteiger partial charge in [0.2, 0.25) is 11.8 Å². The number of likely N-dealkylation sites (tertiary alicyclic amines) is 2. The SMILES string of the molecule is O=C([C@@H]1CCC(=O)N(C2CCCC2)C1)N1CCC(c2cc(=O)[nH]cn2)CC1. The number of piperidine rings is 2. The van der Waals surface area contributed by atoms with E-state index >= 15 is 0 Å². The van der Waals surface area contributed by atoms with E-state index in [1.165, 1.54) is 19.2 Å². The maximum atomic E-state index is 13.0. The van der Waals surface area contributed by atoms with Gasteiger partial charge in [-0.15, -0.1) is 0 Å². The molecule has 1 N–H and O–H groups in total. The van der Waals surface area contributed by atoms with E-state index in [0.717, 1.165) is 31.4 Å². The molecule has 0 bridgehead atoms. The van der Waals surface area contributed by atoms with Gasteiger partial charge in [0.05, 0.1) is 17.9 Å². The summed E-state index contributed by atoms with van der Waals surface area (Å²) in [6.45, 7) is 2.00. The van der Waals surface area contributed by atoms with Gasteiger partial charge in [-0.1, -0.05) is 12.8 Å². The van der Waals surface area contributed by atoms with Crippen LogP contribution >= 0.6 is 0 Å². The molecule has 1 atom stereocenters. The molecule has 3 heterocycles. The molecule has 2 saturated heterocycles. The molecule has 146 valence electrons. The second kappa shape index (κ2) is 7.82. The van der Waals surface area contributed by atoms with Crippen LogP contribution in [0.15, 0.2) is 17.2 Å². The summed E-state index contributed by atoms with van der Waals surface area (Å²) in [4.78, 5) is 47.6. The Morgan fingerprint density at radius 1 is 1.07 bits per heavy atom. The van der Waals surface area contributed by atoms with Gasteiger partial charge < -0.3 is 14.8 Å². The third-order valence-electron chi connectivity index (χ3n) is 6.48. The van der Waals surface area contributed by atoms with Gasteiger partial charge in [0.1, 0.15) is 0 Å². The lowest BCUT2D eigenvalue weighted by atomic mass is 9.90. The average molecular weight is 372 g/mol. The fourth-order valence-corrected chi connectivity index (χ4v) is 4.90. The lowest BCUT2D eigenvalue weighted by molar-refractivity contribution is -0.145. The zero-order valence-corrected chi connectivity index (χ0v) is 15.7. The summed E-state index contributed by atoms with van der Waals surface area (Å²) >= 11 is 0. The monoisotopic (exact) mass is 372 g/mol. The summed E-state index contributed by atoms with van der Waals surface area (Å²) in [6, 6.07) is 1.91. The number of aromatic amines is 1. The van der Waals surface area contributed by atoms with Crippen molar-refractivity contribution in [1.82, 2.24) is 19.8 Å². The first kappa shape index (κ1) is 18.2. The third-order valence-corrected chi connectivity index (χ3v) is 6.48. The van der Waals surface area contributed by atoms with Crippen molar-refractivity contribution in [3.63, 3.8) is 0 Å². The van der Waals surface area contributed by atoms with Crippen molar-refractivity contribution in [2.45, 2.75) is 63.3 Å². The molecule has 1 aliphatic carbocycles. The summed E-state index contributed by atoms with van der Waals surface area (Å²) in [5, 5.41) is 0. The van der Waals surface area contributed by atoms with Crippen LogP contribution in [0.3, 0.4) is 0 Å². The zero-order valence-electron chi connectivity index (χ0n) is 15.7. The minimum atomic E-state index is -0.127. The number of H-pyrrole nitrogens is 1. The Morgan fingerprint density at radius 2 is 1.81 bits per heavy atom. The summed E-state index contributed by atoms with van der Waals surface area (Å²) in [5.74, 6) is 0.602. The summed E-state index contributed by atoms with van der Waals surface area (Å²) in [7, 11) is 0. The number of carbonyl (C=O) groups is 2. The van der Waals surface area contributed by atoms with Gasteiger partial charge in [-0.3, -0.25) is 14.4 Å². The quantitative estimate of drug-likeness (QED) is 0.874. The number of hydrogen-bond donors (Lipinski definition) is 1. The highest BCUT2D eigenvalue weighted by Gasteiger charge is 2.37. The Balaban J connectivity index is 1.35. The molecular formula is C20H28N4O3. The lowest BCUT2D eigenvalue weighted by Gasteiger charge is -2.39. The van der Waals surface area contributed by atoms with Gasteiger partial charge in [0.15, 0.2) is 0 Å². The van der Waals surface area contributed by atoms with Crippen LogP contribution in [-0.4, -0.2) is 57.3 Å². The Hall–Kier alpha value is -2.18. The molecule has 1 aromatic rings. The minimum absolute atomic E-state index is 0.0578. The van der Waals surface area contributed by atoms with Crippen molar-refractivity contribution in [1.29, 1.82) is 0 Å². The molecule has 3 aliphatic rings. The second-order valence-corrected chi connectivity index (χ2v) is 8.16. The van der Waals surface area contributed by atoms with Crippen molar-refractivity contribution >= 4 is 11.8 Å². The van der Waals surface area contributed by atoms with Crippen molar-refractivity contribution in [3.8, 4) is 0 Å². The topological polar surface area (TPSA) is 86.4 Å². The van der Waals surface area contributed by atoms with E-state index in [-0.39, 0.29) is 29.2 Å². The number of nitrogens with one attached hydrogen (secondary N) is 1. The first-order valence-corrected chi connectivity index (χ1v) is 10.2. The molecule has 4 rings (SSSR count). The van der Waals surface area contributed by atoms with Crippen LogP contribution in [0, 0.1) is 5.92 Å². The van der Waals surface area contributed by atoms with Crippen LogP contribution in [0.2, 0.25) is 0 Å². The van der Waals surface area contributed by atoms with E-state index in [2.05, 4.69) is 9.97 Å². The van der Waals surface area contributed by atoms with E-state index in [9.17, 15) is 14.4 Å². The Morgan fingerprint density at radius 3 is 2.52 bits per heavy atom. The van der Waals surface area contributed by atoms with Crippen LogP contribution in [0.5, 0.6) is 0 Å². The van der Waals surface area contributed by atoms with E-state index in [1.54, 1.807) is 6.07 Å². The zero-order chi connectivity index (χ0) is 18.8. The van der Waals surface area contributed by atoms with Gasteiger partial charge >= 0.3 is 0 Å². The molecule has 0 unspecified atom stereocenters. The fraction of sp³-hybridized carbons (Fsp3) is 0.700. The smallest absolute Gasteiger partial charge is 0.250 e. The molecule has 1 saturated carbocycles. The molecule has 0 radical (unpaired) electrons. The molecule has 2 aliphatic heterocycles. The van der Waals surface area contributed by atoms with Crippen LogP contribution in [0.1, 0.15) is 63.0 Å². The van der Waals surface area contributed by atoms with Crippen molar-refractivity contribution in [2.24, 2.45) is 5.92 Å². The molecule has 7 heteroatoms. The second-order valence-electron chi connectivity index (χ2n) is 8.16. The van der Waals surface area contributed by atoms with E-state index in [4.69, 9.17) is 0 Å². The lowest BCUT2D eigenvalue weighted by Crippen LogP contribution is -2.51. The summed E-state index contributed by atoms with van der Waals surface area (Å²) < 4.78 is 0. The third kappa shape index (κ3) is 3.92. The number of aromatic nitrogens is 2. The molecule has 7 nitrogen and oxygen atoms in total. The number of rotatable bonds is 3. The van der Waals surface area contributed by atoms with Gasteiger partial charge in [-0.2, -0.15) is 0 Å². The first-order chi connectivity index (χ1) is 13.1. The van der Waals surface area contributed by atoms with E-state index < -0.39 is 0 Å². The molecule has 0 aromatic carbocycles. The standard InChI is InChI=1S/C20H28N4O3/c25-18-11-17(21-13-22-18)14-7-9-23(10-8-14)20(27)15-5-6-19(26)24(12-15)16-3-1-2-4-16/h11,13-16H,1-10,12H2,(H,21,22,25)/t15-/m1/s1. The number of hydrogen-bond acceptors (Lipinski definition) is 4. The largest absolute Gasteiger partial charge is 0.342 e. The highest BCUT2D eigenvalue weighted by molar-refractivity contribution is 5.84. The van der Waals surface area contributed by atoms with E-state index in [0.29, 0.717) is 38.5 Å². The van der Waals surface area contributed by atoms with Gasteiger partial charge in [-0.05, 0) is 32.1 Å². The van der Waals surface area contributed by atoms with Gasteiger partial charge in [0.25, 0.3) is 5.56 Å². The maximum Gasteiger partial charge on any atom is 0.250 e. The summed E-state index contributed by atoms with van der Waals surface area (Å²) in [6.07, 6.45) is 8.85. The van der Waals surface area contributed by atoms with Crippen LogP contribution in [0.4, 0.5) is 0 Å². The van der Waals surface area contributed by atoms with Crippen LogP contribution < -0.4 is 5.56 Å². The van der Waals surface area contributed by atoms with Crippen molar-refractivity contribution in [2.75, 3.05) is 19.6 Å². The maximum absolute atomic E-state index is 13.0. The highest BCUT2D eigenvalue weighted by Crippen LogP contribution is 2.31. The molecule has 2 amide bonds. The first-order valence-electron chi connectivity index (χ1n) is 10.2. The Kier molecular flexibility index (Phi) is 5.27. The Labute approximate surface area is 159 Å². The molecular weight excluding hydrogens is 344 g/mol. The molecule has 0 spiro atoms. The predicted molar refractivity (Wildman–Crippen MR) is 100 cm³/mol. The molecule has 1 aromatic heterocycles. The number of amides is 2. The normalized spacial score (nSPS) is 25.2. The van der Waals surface area contributed by atoms with Crippen molar-refractivity contribution < 1.29 is 9.59 Å². The number of carbonyl (C=O) groups excluding carboxylic acids is 2. The van der Waals surface area contributed by atoms with E-state index in [1.807, 2.05) is 9.80 Å². The highest BCUT2D eigenvalue weighted by atomic mass is 16.2. The minimum Gasteiger partial charge on any atom is -0.342 e. The van der Waals surface area contributed by atoms with Crippen LogP contribution in [0.25, 0.3) is 0 Å². The fourth-order valence-electron chi connectivity index (χ4n) is 4.90.